The van der Waals surface area contributed by atoms with E-state index in [4.69, 9.17) is 4.74 Å². The average molecular weight is 334 g/mol. The summed E-state index contributed by atoms with van der Waals surface area (Å²) in [4.78, 5) is 19.7. The lowest BCUT2D eigenvalue weighted by molar-refractivity contribution is -0.143. The molecule has 6 heteroatoms. The molecule has 0 unspecified atom stereocenters. The van der Waals surface area contributed by atoms with E-state index in [9.17, 15) is 4.79 Å². The maximum absolute atomic E-state index is 11.2. The van der Waals surface area contributed by atoms with Gasteiger partial charge in [-0.05, 0) is 31.9 Å². The van der Waals surface area contributed by atoms with Crippen LogP contribution in [0.3, 0.4) is 0 Å². The van der Waals surface area contributed by atoms with Crippen LogP contribution in [-0.4, -0.2) is 43.7 Å². The van der Waals surface area contributed by atoms with Gasteiger partial charge in [-0.2, -0.15) is 0 Å². The van der Waals surface area contributed by atoms with Crippen molar-refractivity contribution in [2.45, 2.75) is 45.4 Å². The molecular weight excluding hydrogens is 304 g/mol. The summed E-state index contributed by atoms with van der Waals surface area (Å²) in [5, 5.41) is 6.59. The second kappa shape index (κ2) is 13.3. The SMILES string of the molecule is CCOC(=O)CCCCCCNC(=NC)NCCc1ccccn1. The van der Waals surface area contributed by atoms with Gasteiger partial charge in [0, 0.05) is 44.9 Å². The quantitative estimate of drug-likeness (QED) is 0.281. The second-order valence-electron chi connectivity index (χ2n) is 5.47. The Morgan fingerprint density at radius 2 is 1.96 bits per heavy atom. The van der Waals surface area contributed by atoms with Crippen molar-refractivity contribution < 1.29 is 9.53 Å². The lowest BCUT2D eigenvalue weighted by Gasteiger charge is -2.11. The number of aliphatic imine (C=N–C) groups is 1. The first-order chi connectivity index (χ1) is 11.8. The minimum Gasteiger partial charge on any atom is -0.466 e. The van der Waals surface area contributed by atoms with Crippen molar-refractivity contribution in [2.24, 2.45) is 4.99 Å². The molecule has 1 heterocycles. The second-order valence-corrected chi connectivity index (χ2v) is 5.47. The molecule has 1 aromatic heterocycles. The zero-order valence-corrected chi connectivity index (χ0v) is 14.9. The highest BCUT2D eigenvalue weighted by atomic mass is 16.5. The zero-order chi connectivity index (χ0) is 17.5. The van der Waals surface area contributed by atoms with Crippen LogP contribution >= 0.6 is 0 Å². The number of nitrogens with one attached hydrogen (secondary N) is 2. The summed E-state index contributed by atoms with van der Waals surface area (Å²) in [5.74, 6) is 0.727. The van der Waals surface area contributed by atoms with Gasteiger partial charge in [-0.3, -0.25) is 14.8 Å². The molecule has 0 saturated carbocycles. The van der Waals surface area contributed by atoms with Crippen molar-refractivity contribution in [3.05, 3.63) is 30.1 Å². The summed E-state index contributed by atoms with van der Waals surface area (Å²) in [6.07, 6.45) is 7.31. The summed E-state index contributed by atoms with van der Waals surface area (Å²) in [6, 6.07) is 5.94. The fraction of sp³-hybridized carbons (Fsp3) is 0.611. The molecule has 0 fully saturated rings. The molecule has 0 aliphatic carbocycles. The van der Waals surface area contributed by atoms with Crippen molar-refractivity contribution in [1.29, 1.82) is 0 Å². The molecule has 6 nitrogen and oxygen atoms in total. The number of unbranched alkanes of at least 4 members (excludes halogenated alkanes) is 3. The number of ether oxygens (including phenoxy) is 1. The number of hydrogen-bond donors (Lipinski definition) is 2. The molecule has 134 valence electrons. The highest BCUT2D eigenvalue weighted by molar-refractivity contribution is 5.79. The number of nitrogens with zero attached hydrogens (tertiary/aromatic N) is 2. The van der Waals surface area contributed by atoms with Crippen molar-refractivity contribution >= 4 is 11.9 Å². The van der Waals surface area contributed by atoms with E-state index in [-0.39, 0.29) is 5.97 Å². The number of carbonyl (C=O) groups is 1. The van der Waals surface area contributed by atoms with Crippen LogP contribution in [-0.2, 0) is 16.0 Å². The number of pyridine rings is 1. The predicted octanol–water partition coefficient (Wildman–Crippen LogP) is 2.30. The summed E-state index contributed by atoms with van der Waals surface area (Å²) in [7, 11) is 1.77. The standard InChI is InChI=1S/C18H30N4O2/c1-3-24-17(23)11-6-4-5-8-14-21-18(19-2)22-15-12-16-10-7-9-13-20-16/h7,9-10,13H,3-6,8,11-12,14-15H2,1-2H3,(H2,19,21,22). The van der Waals surface area contributed by atoms with Gasteiger partial charge in [0.05, 0.1) is 6.61 Å². The maximum atomic E-state index is 11.2. The molecule has 1 aromatic rings. The monoisotopic (exact) mass is 334 g/mol. The number of esters is 1. The molecule has 0 aliphatic heterocycles. The molecule has 1 rings (SSSR count). The highest BCUT2D eigenvalue weighted by Gasteiger charge is 2.01. The number of aromatic nitrogens is 1. The van der Waals surface area contributed by atoms with Gasteiger partial charge in [-0.1, -0.05) is 18.9 Å². The van der Waals surface area contributed by atoms with Crippen LogP contribution in [0.15, 0.2) is 29.4 Å². The third-order valence-electron chi connectivity index (χ3n) is 3.53. The minimum atomic E-state index is -0.0897. The smallest absolute Gasteiger partial charge is 0.305 e. The van der Waals surface area contributed by atoms with Gasteiger partial charge in [0.2, 0.25) is 0 Å². The highest BCUT2D eigenvalue weighted by Crippen LogP contribution is 2.03. The first-order valence-corrected chi connectivity index (χ1v) is 8.76. The van der Waals surface area contributed by atoms with E-state index in [0.29, 0.717) is 13.0 Å². The minimum absolute atomic E-state index is 0.0897. The van der Waals surface area contributed by atoms with Gasteiger partial charge in [-0.15, -0.1) is 0 Å². The van der Waals surface area contributed by atoms with Gasteiger partial charge in [0.1, 0.15) is 0 Å². The third-order valence-corrected chi connectivity index (χ3v) is 3.53. The Bertz CT molecular complexity index is 477. The molecule has 0 atom stereocenters. The number of hydrogen-bond acceptors (Lipinski definition) is 4. The van der Waals surface area contributed by atoms with Crippen molar-refractivity contribution in [3.8, 4) is 0 Å². The van der Waals surface area contributed by atoms with Gasteiger partial charge >= 0.3 is 5.97 Å². The average Bonchev–Trinajstić information content (AvgIpc) is 2.60. The molecule has 0 bridgehead atoms. The van der Waals surface area contributed by atoms with Crippen LogP contribution in [0.4, 0.5) is 0 Å². The molecule has 0 aromatic carbocycles. The summed E-state index contributed by atoms with van der Waals surface area (Å²) in [6.45, 7) is 3.98. The normalized spacial score (nSPS) is 11.2. The topological polar surface area (TPSA) is 75.6 Å². The lowest BCUT2D eigenvalue weighted by atomic mass is 10.1. The van der Waals surface area contributed by atoms with Gasteiger partial charge < -0.3 is 15.4 Å². The van der Waals surface area contributed by atoms with E-state index < -0.39 is 0 Å². The molecule has 0 saturated heterocycles. The van der Waals surface area contributed by atoms with Crippen LogP contribution in [0.2, 0.25) is 0 Å². The van der Waals surface area contributed by atoms with E-state index in [1.165, 1.54) is 0 Å². The third kappa shape index (κ3) is 9.82. The van der Waals surface area contributed by atoms with Gasteiger partial charge in [-0.25, -0.2) is 0 Å². The molecular formula is C18H30N4O2. The van der Waals surface area contributed by atoms with Crippen molar-refractivity contribution in [1.82, 2.24) is 15.6 Å². The Hall–Kier alpha value is -2.11. The fourth-order valence-electron chi connectivity index (χ4n) is 2.26. The number of rotatable bonds is 11. The summed E-state index contributed by atoms with van der Waals surface area (Å²) in [5.41, 5.74) is 1.07. The lowest BCUT2D eigenvalue weighted by Crippen LogP contribution is -2.38. The Kier molecular flexibility index (Phi) is 11.1. The van der Waals surface area contributed by atoms with Crippen molar-refractivity contribution in [2.75, 3.05) is 26.7 Å². The maximum Gasteiger partial charge on any atom is 0.305 e. The number of carbonyl (C=O) groups excluding carboxylic acids is 1. The van der Waals surface area contributed by atoms with Crippen molar-refractivity contribution in [3.63, 3.8) is 0 Å². The van der Waals surface area contributed by atoms with Crippen LogP contribution < -0.4 is 10.6 Å². The first-order valence-electron chi connectivity index (χ1n) is 8.76. The summed E-state index contributed by atoms with van der Waals surface area (Å²) >= 11 is 0. The van der Waals surface area contributed by atoms with E-state index in [0.717, 1.165) is 56.8 Å². The fourth-order valence-corrected chi connectivity index (χ4v) is 2.26. The van der Waals surface area contributed by atoms with Crippen LogP contribution in [0, 0.1) is 0 Å². The molecule has 0 amide bonds. The first kappa shape index (κ1) is 19.9. The molecule has 24 heavy (non-hydrogen) atoms. The van der Waals surface area contributed by atoms with Crippen LogP contribution in [0.1, 0.15) is 44.7 Å². The Balaban J connectivity index is 2.01. The Morgan fingerprint density at radius 3 is 2.67 bits per heavy atom. The van der Waals surface area contributed by atoms with E-state index in [1.807, 2.05) is 31.3 Å². The molecule has 0 spiro atoms. The van der Waals surface area contributed by atoms with Gasteiger partial charge in [0.25, 0.3) is 0 Å². The van der Waals surface area contributed by atoms with E-state index in [1.54, 1.807) is 7.05 Å². The molecule has 0 radical (unpaired) electrons. The Morgan fingerprint density at radius 1 is 1.17 bits per heavy atom. The van der Waals surface area contributed by atoms with E-state index in [2.05, 4.69) is 20.6 Å². The molecule has 0 aliphatic rings. The van der Waals surface area contributed by atoms with Crippen LogP contribution in [0.25, 0.3) is 0 Å². The Labute approximate surface area is 145 Å². The predicted molar refractivity (Wildman–Crippen MR) is 97.0 cm³/mol. The number of guanidine groups is 1. The van der Waals surface area contributed by atoms with Crippen LogP contribution in [0.5, 0.6) is 0 Å². The van der Waals surface area contributed by atoms with Gasteiger partial charge in [0.15, 0.2) is 5.96 Å². The largest absolute Gasteiger partial charge is 0.466 e. The molecule has 2 N–H and O–H groups in total. The zero-order valence-electron chi connectivity index (χ0n) is 14.9. The summed E-state index contributed by atoms with van der Waals surface area (Å²) < 4.78 is 4.91. The van der Waals surface area contributed by atoms with E-state index >= 15 is 0 Å².